The summed E-state index contributed by atoms with van der Waals surface area (Å²) in [6.07, 6.45) is 2.59. The summed E-state index contributed by atoms with van der Waals surface area (Å²) in [5.41, 5.74) is 3.41. The molecular formula is C28H27NO4S. The van der Waals surface area contributed by atoms with Crippen LogP contribution in [0.1, 0.15) is 36.0 Å². The summed E-state index contributed by atoms with van der Waals surface area (Å²) in [5, 5.41) is 0. The lowest BCUT2D eigenvalue weighted by molar-refractivity contribution is -0.152. The lowest BCUT2D eigenvalue weighted by Gasteiger charge is -2.43. The van der Waals surface area contributed by atoms with Crippen molar-refractivity contribution in [1.29, 1.82) is 0 Å². The van der Waals surface area contributed by atoms with E-state index < -0.39 is 15.4 Å². The number of benzene rings is 3. The minimum Gasteiger partial charge on any atom is -0.465 e. The van der Waals surface area contributed by atoms with Gasteiger partial charge in [-0.05, 0) is 55.2 Å². The van der Waals surface area contributed by atoms with E-state index in [4.69, 9.17) is 4.74 Å². The van der Waals surface area contributed by atoms with Crippen molar-refractivity contribution in [2.24, 2.45) is 5.41 Å². The summed E-state index contributed by atoms with van der Waals surface area (Å²) in [4.78, 5) is 13.8. The Kier molecular flexibility index (Phi) is 5.56. The minimum atomic E-state index is -3.90. The SMILES string of the molecule is CCOC(=O)[C@@]12C=C(c3ccccc3)C[C@H]1c1ccccc1N(S(=O)(=O)c1ccc(C)cc1)C2. The number of ether oxygens (including phenoxy) is 1. The lowest BCUT2D eigenvalue weighted by Crippen LogP contribution is -2.51. The van der Waals surface area contributed by atoms with Crippen molar-refractivity contribution in [2.75, 3.05) is 17.5 Å². The van der Waals surface area contributed by atoms with E-state index in [-0.39, 0.29) is 29.9 Å². The van der Waals surface area contributed by atoms with Gasteiger partial charge in [-0.15, -0.1) is 0 Å². The monoisotopic (exact) mass is 473 g/mol. The molecule has 0 fully saturated rings. The van der Waals surface area contributed by atoms with Gasteiger partial charge in [0, 0.05) is 5.92 Å². The Hall–Kier alpha value is -3.38. The van der Waals surface area contributed by atoms with Gasteiger partial charge in [-0.2, -0.15) is 0 Å². The fourth-order valence-corrected chi connectivity index (χ4v) is 6.73. The normalized spacial score (nSPS) is 21.4. The van der Waals surface area contributed by atoms with Gasteiger partial charge in [0.2, 0.25) is 0 Å². The third-order valence-electron chi connectivity index (χ3n) is 6.87. The number of fused-ring (bicyclic) bond motifs is 3. The van der Waals surface area contributed by atoms with Crippen molar-refractivity contribution >= 4 is 27.3 Å². The Morgan fingerprint density at radius 3 is 2.38 bits per heavy atom. The molecule has 1 aliphatic carbocycles. The average molecular weight is 474 g/mol. The molecule has 0 spiro atoms. The average Bonchev–Trinajstić information content (AvgIpc) is 3.26. The highest BCUT2D eigenvalue weighted by atomic mass is 32.2. The molecule has 0 unspecified atom stereocenters. The molecule has 0 saturated heterocycles. The third kappa shape index (κ3) is 3.53. The van der Waals surface area contributed by atoms with E-state index in [0.717, 1.165) is 22.3 Å². The van der Waals surface area contributed by atoms with Crippen molar-refractivity contribution in [3.63, 3.8) is 0 Å². The van der Waals surface area contributed by atoms with Crippen LogP contribution in [-0.2, 0) is 19.6 Å². The first-order valence-corrected chi connectivity index (χ1v) is 12.9. The van der Waals surface area contributed by atoms with Crippen LogP contribution >= 0.6 is 0 Å². The largest absolute Gasteiger partial charge is 0.465 e. The number of para-hydroxylation sites is 1. The Morgan fingerprint density at radius 1 is 1.00 bits per heavy atom. The number of anilines is 1. The highest BCUT2D eigenvalue weighted by Gasteiger charge is 2.56. The summed E-state index contributed by atoms with van der Waals surface area (Å²) in [6, 6.07) is 24.3. The zero-order valence-electron chi connectivity index (χ0n) is 19.3. The number of nitrogens with zero attached hydrogens (tertiary/aromatic N) is 1. The fourth-order valence-electron chi connectivity index (χ4n) is 5.18. The molecule has 3 aromatic rings. The van der Waals surface area contributed by atoms with Crippen LogP contribution < -0.4 is 4.31 Å². The summed E-state index contributed by atoms with van der Waals surface area (Å²) < 4.78 is 34.7. The van der Waals surface area contributed by atoms with Gasteiger partial charge < -0.3 is 4.74 Å². The molecule has 0 aromatic heterocycles. The number of sulfonamides is 1. The van der Waals surface area contributed by atoms with Crippen molar-refractivity contribution in [3.8, 4) is 0 Å². The molecule has 0 amide bonds. The maximum Gasteiger partial charge on any atom is 0.318 e. The Labute approximate surface area is 200 Å². The highest BCUT2D eigenvalue weighted by Crippen LogP contribution is 2.57. The highest BCUT2D eigenvalue weighted by molar-refractivity contribution is 7.92. The van der Waals surface area contributed by atoms with E-state index in [9.17, 15) is 13.2 Å². The minimum absolute atomic E-state index is 0.0000562. The van der Waals surface area contributed by atoms with Gasteiger partial charge in [0.25, 0.3) is 10.0 Å². The molecule has 3 aromatic carbocycles. The maximum atomic E-state index is 13.9. The number of carbonyl (C=O) groups is 1. The van der Waals surface area contributed by atoms with Gasteiger partial charge in [-0.1, -0.05) is 72.3 Å². The van der Waals surface area contributed by atoms with Crippen LogP contribution in [0, 0.1) is 12.3 Å². The Morgan fingerprint density at radius 2 is 1.68 bits per heavy atom. The van der Waals surface area contributed by atoms with E-state index in [0.29, 0.717) is 12.1 Å². The summed E-state index contributed by atoms with van der Waals surface area (Å²) in [6.45, 7) is 3.92. The molecule has 5 nitrogen and oxygen atoms in total. The predicted molar refractivity (Wildman–Crippen MR) is 133 cm³/mol. The second-order valence-electron chi connectivity index (χ2n) is 8.94. The summed E-state index contributed by atoms with van der Waals surface area (Å²) in [7, 11) is -3.90. The van der Waals surface area contributed by atoms with Crippen molar-refractivity contribution < 1.29 is 17.9 Å². The second kappa shape index (κ2) is 8.44. The van der Waals surface area contributed by atoms with Crippen molar-refractivity contribution in [1.82, 2.24) is 0 Å². The van der Waals surface area contributed by atoms with Crippen LogP contribution in [0.15, 0.2) is 89.8 Å². The van der Waals surface area contributed by atoms with E-state index in [1.807, 2.05) is 67.6 Å². The van der Waals surface area contributed by atoms with E-state index in [1.165, 1.54) is 4.31 Å². The first-order valence-electron chi connectivity index (χ1n) is 11.5. The van der Waals surface area contributed by atoms with Gasteiger partial charge in [-0.25, -0.2) is 8.42 Å². The molecule has 0 radical (unpaired) electrons. The summed E-state index contributed by atoms with van der Waals surface area (Å²) in [5.74, 6) is -0.591. The number of allylic oxidation sites excluding steroid dienone is 1. The first kappa shape index (κ1) is 22.4. The molecule has 34 heavy (non-hydrogen) atoms. The zero-order chi connectivity index (χ0) is 23.9. The number of hydrogen-bond donors (Lipinski definition) is 0. The first-order chi connectivity index (χ1) is 16.4. The number of carbonyl (C=O) groups excluding carboxylic acids is 1. The van der Waals surface area contributed by atoms with Crippen LogP contribution in [0.4, 0.5) is 5.69 Å². The van der Waals surface area contributed by atoms with E-state index >= 15 is 0 Å². The predicted octanol–water partition coefficient (Wildman–Crippen LogP) is 5.32. The van der Waals surface area contributed by atoms with Crippen LogP contribution in [0.5, 0.6) is 0 Å². The molecule has 6 heteroatoms. The Balaban J connectivity index is 1.70. The molecule has 0 bridgehead atoms. The molecule has 1 heterocycles. The quantitative estimate of drug-likeness (QED) is 0.470. The molecule has 174 valence electrons. The molecule has 2 aliphatic rings. The van der Waals surface area contributed by atoms with Gasteiger partial charge in [0.15, 0.2) is 0 Å². The lowest BCUT2D eigenvalue weighted by atomic mass is 9.71. The second-order valence-corrected chi connectivity index (χ2v) is 10.8. The number of hydrogen-bond acceptors (Lipinski definition) is 4. The van der Waals surface area contributed by atoms with Gasteiger partial charge in [-0.3, -0.25) is 9.10 Å². The van der Waals surface area contributed by atoms with Gasteiger partial charge in [0.1, 0.15) is 5.41 Å². The molecular weight excluding hydrogens is 446 g/mol. The number of esters is 1. The van der Waals surface area contributed by atoms with Crippen molar-refractivity contribution in [3.05, 3.63) is 102 Å². The van der Waals surface area contributed by atoms with Crippen LogP contribution in [-0.4, -0.2) is 27.5 Å². The zero-order valence-corrected chi connectivity index (χ0v) is 20.1. The standard InChI is InChI=1S/C28H27NO4S/c1-3-33-27(30)28-18-22(21-9-5-4-6-10-21)17-25(28)24-11-7-8-12-26(24)29(19-28)34(31,32)23-15-13-20(2)14-16-23/h4-16,18,25H,3,17,19H2,1-2H3/t25-,28+/m0/s1. The number of rotatable bonds is 5. The van der Waals surface area contributed by atoms with Crippen LogP contribution in [0.2, 0.25) is 0 Å². The Bertz CT molecular complexity index is 1360. The number of aryl methyl sites for hydroxylation is 1. The van der Waals surface area contributed by atoms with Gasteiger partial charge >= 0.3 is 5.97 Å². The molecule has 2 atom stereocenters. The molecule has 0 saturated carbocycles. The van der Waals surface area contributed by atoms with E-state index in [1.54, 1.807) is 31.2 Å². The topological polar surface area (TPSA) is 63.7 Å². The fraction of sp³-hybridized carbons (Fsp3) is 0.250. The smallest absolute Gasteiger partial charge is 0.318 e. The third-order valence-corrected chi connectivity index (χ3v) is 8.65. The van der Waals surface area contributed by atoms with Gasteiger partial charge in [0.05, 0.1) is 23.7 Å². The summed E-state index contributed by atoms with van der Waals surface area (Å²) >= 11 is 0. The molecule has 1 aliphatic heterocycles. The molecule has 0 N–H and O–H groups in total. The van der Waals surface area contributed by atoms with Crippen LogP contribution in [0.25, 0.3) is 5.57 Å². The maximum absolute atomic E-state index is 13.9. The van der Waals surface area contributed by atoms with Crippen molar-refractivity contribution in [2.45, 2.75) is 31.1 Å². The van der Waals surface area contributed by atoms with Crippen LogP contribution in [0.3, 0.4) is 0 Å². The molecule has 5 rings (SSSR count). The van der Waals surface area contributed by atoms with E-state index in [2.05, 4.69) is 0 Å².